The molecule has 0 saturated heterocycles. The number of rotatable bonds is 1. The van der Waals surface area contributed by atoms with Crippen LogP contribution in [0.25, 0.3) is 5.65 Å². The monoisotopic (exact) mass is 215 g/mol. The minimum Gasteiger partial charge on any atom is -0.315 e. The van der Waals surface area contributed by atoms with Gasteiger partial charge in [0.15, 0.2) is 0 Å². The van der Waals surface area contributed by atoms with Crippen LogP contribution in [-0.4, -0.2) is 15.6 Å². The minimum absolute atomic E-state index is 0.0573. The van der Waals surface area contributed by atoms with Crippen molar-refractivity contribution in [1.29, 1.82) is 0 Å². The summed E-state index contributed by atoms with van der Waals surface area (Å²) in [6.45, 7) is 0. The second-order valence-corrected chi connectivity index (χ2v) is 3.13. The second kappa shape index (κ2) is 3.23. The van der Waals surface area contributed by atoms with E-state index in [1.54, 1.807) is 18.2 Å². The first-order chi connectivity index (χ1) is 7.00. The fourth-order valence-corrected chi connectivity index (χ4v) is 1.35. The van der Waals surface area contributed by atoms with Crippen LogP contribution in [0, 0.1) is 0 Å². The number of alkyl halides is 3. The van der Waals surface area contributed by atoms with Crippen LogP contribution >= 0.6 is 0 Å². The van der Waals surface area contributed by atoms with Crippen molar-refractivity contribution in [3.63, 3.8) is 0 Å². The fourth-order valence-electron chi connectivity index (χ4n) is 1.35. The van der Waals surface area contributed by atoms with E-state index in [9.17, 15) is 13.2 Å². The van der Waals surface area contributed by atoms with Gasteiger partial charge in [-0.1, -0.05) is 6.07 Å². The van der Waals surface area contributed by atoms with Crippen molar-refractivity contribution in [3.05, 3.63) is 36.3 Å². The Morgan fingerprint density at radius 1 is 1.33 bits per heavy atom. The Bertz CT molecular complexity index is 475. The van der Waals surface area contributed by atoms with Gasteiger partial charge in [0.2, 0.25) is 0 Å². The highest BCUT2D eigenvalue weighted by molar-refractivity contribution is 5.40. The molecule has 80 valence electrons. The van der Waals surface area contributed by atoms with Crippen LogP contribution < -0.4 is 5.73 Å². The number of nitrogens with zero attached hydrogens (tertiary/aromatic N) is 2. The van der Waals surface area contributed by atoms with E-state index in [4.69, 9.17) is 5.73 Å². The molecule has 0 aromatic carbocycles. The smallest absolute Gasteiger partial charge is 0.315 e. The molecule has 1 atom stereocenters. The number of hydrogen-bond acceptors (Lipinski definition) is 2. The SMILES string of the molecule is NC(c1cnc2ccccn12)C(F)(F)F. The van der Waals surface area contributed by atoms with Crippen molar-refractivity contribution in [3.8, 4) is 0 Å². The number of pyridine rings is 1. The Balaban J connectivity index is 2.53. The molecule has 0 bridgehead atoms. The molecule has 0 radical (unpaired) electrons. The van der Waals surface area contributed by atoms with Gasteiger partial charge in [0.1, 0.15) is 11.7 Å². The van der Waals surface area contributed by atoms with Gasteiger partial charge in [0.05, 0.1) is 11.9 Å². The van der Waals surface area contributed by atoms with Crippen LogP contribution in [0.1, 0.15) is 11.7 Å². The Morgan fingerprint density at radius 3 is 2.73 bits per heavy atom. The topological polar surface area (TPSA) is 43.3 Å². The van der Waals surface area contributed by atoms with Gasteiger partial charge in [-0.3, -0.25) is 0 Å². The molecule has 0 spiro atoms. The summed E-state index contributed by atoms with van der Waals surface area (Å²) in [4.78, 5) is 3.84. The molecular weight excluding hydrogens is 207 g/mol. The molecule has 2 aromatic heterocycles. The highest BCUT2D eigenvalue weighted by Gasteiger charge is 2.39. The second-order valence-electron chi connectivity index (χ2n) is 3.13. The molecule has 0 aliphatic rings. The van der Waals surface area contributed by atoms with Crippen molar-refractivity contribution < 1.29 is 13.2 Å². The molecule has 2 rings (SSSR count). The predicted octanol–water partition coefficient (Wildman–Crippen LogP) is 1.90. The summed E-state index contributed by atoms with van der Waals surface area (Å²) in [6, 6.07) is 2.94. The summed E-state index contributed by atoms with van der Waals surface area (Å²) in [6.07, 6.45) is -1.80. The van der Waals surface area contributed by atoms with Gasteiger partial charge in [-0.05, 0) is 12.1 Å². The maximum atomic E-state index is 12.4. The molecule has 0 aliphatic carbocycles. The maximum absolute atomic E-state index is 12.4. The van der Waals surface area contributed by atoms with Gasteiger partial charge in [0.25, 0.3) is 0 Å². The lowest BCUT2D eigenvalue weighted by Gasteiger charge is -2.14. The van der Waals surface area contributed by atoms with E-state index in [1.807, 2.05) is 0 Å². The van der Waals surface area contributed by atoms with Crippen LogP contribution in [0.2, 0.25) is 0 Å². The van der Waals surface area contributed by atoms with Gasteiger partial charge in [-0.15, -0.1) is 0 Å². The van der Waals surface area contributed by atoms with Crippen molar-refractivity contribution in [2.45, 2.75) is 12.2 Å². The zero-order chi connectivity index (χ0) is 11.1. The first-order valence-electron chi connectivity index (χ1n) is 4.24. The van der Waals surface area contributed by atoms with E-state index in [0.29, 0.717) is 5.65 Å². The van der Waals surface area contributed by atoms with E-state index in [2.05, 4.69) is 4.98 Å². The third-order valence-corrected chi connectivity index (χ3v) is 2.12. The zero-order valence-electron chi connectivity index (χ0n) is 7.57. The summed E-state index contributed by atoms with van der Waals surface area (Å²) < 4.78 is 38.5. The number of nitrogens with two attached hydrogens (primary N) is 1. The van der Waals surface area contributed by atoms with Gasteiger partial charge in [-0.2, -0.15) is 13.2 Å². The van der Waals surface area contributed by atoms with Crippen LogP contribution in [0.4, 0.5) is 13.2 Å². The van der Waals surface area contributed by atoms with Crippen LogP contribution in [0.3, 0.4) is 0 Å². The third-order valence-electron chi connectivity index (χ3n) is 2.12. The van der Waals surface area contributed by atoms with Crippen molar-refractivity contribution in [2.24, 2.45) is 5.73 Å². The summed E-state index contributed by atoms with van der Waals surface area (Å²) in [5.74, 6) is 0. The number of aromatic nitrogens is 2. The summed E-state index contributed by atoms with van der Waals surface area (Å²) in [5, 5.41) is 0. The number of imidazole rings is 1. The Labute approximate surface area is 83.3 Å². The predicted molar refractivity (Wildman–Crippen MR) is 48.2 cm³/mol. The fraction of sp³-hybridized carbons (Fsp3) is 0.222. The van der Waals surface area contributed by atoms with Gasteiger partial charge >= 0.3 is 6.18 Å². The molecule has 0 fully saturated rings. The number of halogens is 3. The van der Waals surface area contributed by atoms with Crippen LogP contribution in [0.5, 0.6) is 0 Å². The van der Waals surface area contributed by atoms with Crippen LogP contribution in [0.15, 0.2) is 30.6 Å². The highest BCUT2D eigenvalue weighted by atomic mass is 19.4. The average Bonchev–Trinajstić information content (AvgIpc) is 2.58. The van der Waals surface area contributed by atoms with E-state index in [-0.39, 0.29) is 5.69 Å². The van der Waals surface area contributed by atoms with E-state index in [0.717, 1.165) is 6.20 Å². The standard InChI is InChI=1S/C9H8F3N3/c10-9(11,12)8(13)6-5-14-7-3-1-2-4-15(6)7/h1-5,8H,13H2. The van der Waals surface area contributed by atoms with Crippen molar-refractivity contribution in [2.75, 3.05) is 0 Å². The van der Waals surface area contributed by atoms with E-state index >= 15 is 0 Å². The van der Waals surface area contributed by atoms with Crippen molar-refractivity contribution >= 4 is 5.65 Å². The summed E-state index contributed by atoms with van der Waals surface area (Å²) >= 11 is 0. The Hall–Kier alpha value is -1.56. The lowest BCUT2D eigenvalue weighted by atomic mass is 10.2. The molecule has 0 saturated carbocycles. The lowest BCUT2D eigenvalue weighted by Crippen LogP contribution is -2.29. The largest absolute Gasteiger partial charge is 0.409 e. The quantitative estimate of drug-likeness (QED) is 0.789. The highest BCUT2D eigenvalue weighted by Crippen LogP contribution is 2.30. The molecule has 6 heteroatoms. The third kappa shape index (κ3) is 1.68. The average molecular weight is 215 g/mol. The maximum Gasteiger partial charge on any atom is 0.409 e. The van der Waals surface area contributed by atoms with Gasteiger partial charge in [0, 0.05) is 6.20 Å². The minimum atomic E-state index is -4.45. The number of hydrogen-bond donors (Lipinski definition) is 1. The molecular formula is C9H8F3N3. The van der Waals surface area contributed by atoms with Gasteiger partial charge in [-0.25, -0.2) is 4.98 Å². The van der Waals surface area contributed by atoms with Crippen molar-refractivity contribution in [1.82, 2.24) is 9.38 Å². The lowest BCUT2D eigenvalue weighted by molar-refractivity contribution is -0.150. The summed E-state index contributed by atoms with van der Waals surface area (Å²) in [7, 11) is 0. The zero-order valence-corrected chi connectivity index (χ0v) is 7.57. The summed E-state index contributed by atoms with van der Waals surface area (Å²) in [5.41, 5.74) is 5.49. The first-order valence-corrected chi connectivity index (χ1v) is 4.24. The van der Waals surface area contributed by atoms with E-state index < -0.39 is 12.2 Å². The molecule has 0 amide bonds. The van der Waals surface area contributed by atoms with Crippen LogP contribution in [-0.2, 0) is 0 Å². The Kier molecular flexibility index (Phi) is 2.15. The molecule has 1 unspecified atom stereocenters. The normalized spacial score (nSPS) is 14.4. The molecule has 2 aromatic rings. The molecule has 2 heterocycles. The Morgan fingerprint density at radius 2 is 2.07 bits per heavy atom. The molecule has 15 heavy (non-hydrogen) atoms. The molecule has 2 N–H and O–H groups in total. The molecule has 0 aliphatic heterocycles. The van der Waals surface area contributed by atoms with Gasteiger partial charge < -0.3 is 10.1 Å². The van der Waals surface area contributed by atoms with E-state index in [1.165, 1.54) is 10.6 Å². The molecule has 3 nitrogen and oxygen atoms in total. The number of fused-ring (bicyclic) bond motifs is 1. The first kappa shape index (κ1) is 9.97.